The Morgan fingerprint density at radius 3 is 2.53 bits per heavy atom. The number of rotatable bonds is 3. The maximum absolute atomic E-state index is 8.56. The van der Waals surface area contributed by atoms with Crippen molar-refractivity contribution in [3.8, 4) is 0 Å². The first-order valence-electron chi connectivity index (χ1n) is 5.81. The molecule has 1 aliphatic heterocycles. The standard InChI is InChI=1S/C10H17N3.CH2O3/c1-2-7-13(8-3-1)9-4-10-11-5-6-12-10;2-1(3)4/h5-6H,1-4,7-9H2,(H,11,12);(H2,2,3,4). The van der Waals surface area contributed by atoms with Gasteiger partial charge in [-0.1, -0.05) is 6.42 Å². The highest BCUT2D eigenvalue weighted by molar-refractivity contribution is 5.53. The van der Waals surface area contributed by atoms with Crippen molar-refractivity contribution in [3.63, 3.8) is 0 Å². The van der Waals surface area contributed by atoms with Crippen LogP contribution in [-0.4, -0.2) is 50.9 Å². The number of nitrogens with zero attached hydrogens (tertiary/aromatic N) is 2. The van der Waals surface area contributed by atoms with E-state index in [4.69, 9.17) is 15.0 Å². The van der Waals surface area contributed by atoms with Gasteiger partial charge < -0.3 is 20.1 Å². The predicted octanol–water partition coefficient (Wildman–Crippen LogP) is 1.66. The van der Waals surface area contributed by atoms with E-state index in [-0.39, 0.29) is 0 Å². The number of hydrogen-bond donors (Lipinski definition) is 3. The number of carbonyl (C=O) groups is 1. The second-order valence-electron chi connectivity index (χ2n) is 3.97. The zero-order valence-corrected chi connectivity index (χ0v) is 9.80. The third kappa shape index (κ3) is 6.57. The first-order chi connectivity index (χ1) is 8.18. The van der Waals surface area contributed by atoms with Gasteiger partial charge in [0, 0.05) is 25.4 Å². The lowest BCUT2D eigenvalue weighted by atomic mass is 10.1. The minimum Gasteiger partial charge on any atom is -0.450 e. The minimum atomic E-state index is -1.83. The van der Waals surface area contributed by atoms with Crippen LogP contribution in [0.5, 0.6) is 0 Å². The molecular formula is C11H19N3O3. The SMILES string of the molecule is O=C(O)O.c1c[nH]c(CCN2CCCCC2)n1. The third-order valence-electron chi connectivity index (χ3n) is 2.67. The highest BCUT2D eigenvalue weighted by Gasteiger charge is 2.09. The molecule has 6 heteroatoms. The molecule has 0 radical (unpaired) electrons. The lowest BCUT2D eigenvalue weighted by Gasteiger charge is -2.25. The van der Waals surface area contributed by atoms with E-state index in [2.05, 4.69) is 14.9 Å². The van der Waals surface area contributed by atoms with E-state index in [0.717, 1.165) is 18.8 Å². The average Bonchev–Trinajstić information content (AvgIpc) is 2.80. The van der Waals surface area contributed by atoms with Gasteiger partial charge in [-0.25, -0.2) is 9.78 Å². The van der Waals surface area contributed by atoms with Crippen LogP contribution in [0.3, 0.4) is 0 Å². The van der Waals surface area contributed by atoms with Crippen LogP contribution >= 0.6 is 0 Å². The molecule has 1 aromatic heterocycles. The smallest absolute Gasteiger partial charge is 0.450 e. The van der Waals surface area contributed by atoms with E-state index in [0.29, 0.717) is 0 Å². The second-order valence-corrected chi connectivity index (χ2v) is 3.97. The van der Waals surface area contributed by atoms with Gasteiger partial charge in [-0.15, -0.1) is 0 Å². The van der Waals surface area contributed by atoms with Crippen LogP contribution < -0.4 is 0 Å². The fourth-order valence-electron chi connectivity index (χ4n) is 1.88. The largest absolute Gasteiger partial charge is 0.503 e. The van der Waals surface area contributed by atoms with E-state index >= 15 is 0 Å². The van der Waals surface area contributed by atoms with Crippen molar-refractivity contribution >= 4 is 6.16 Å². The molecule has 6 nitrogen and oxygen atoms in total. The van der Waals surface area contributed by atoms with Crippen LogP contribution in [0, 0.1) is 0 Å². The predicted molar refractivity (Wildman–Crippen MR) is 63.2 cm³/mol. The molecule has 0 aliphatic carbocycles. The Morgan fingerprint density at radius 2 is 2.00 bits per heavy atom. The van der Waals surface area contributed by atoms with Crippen molar-refractivity contribution < 1.29 is 15.0 Å². The number of likely N-dealkylation sites (tertiary alicyclic amines) is 1. The molecule has 0 aromatic carbocycles. The summed E-state index contributed by atoms with van der Waals surface area (Å²) in [5, 5.41) is 13.9. The Bertz CT molecular complexity index is 304. The zero-order chi connectivity index (χ0) is 12.5. The average molecular weight is 241 g/mol. The summed E-state index contributed by atoms with van der Waals surface area (Å²) in [4.78, 5) is 18.4. The topological polar surface area (TPSA) is 89.4 Å². The Morgan fingerprint density at radius 1 is 1.35 bits per heavy atom. The number of aromatic nitrogens is 2. The number of H-pyrrole nitrogens is 1. The Labute approximate surface area is 100 Å². The molecule has 0 saturated carbocycles. The van der Waals surface area contributed by atoms with Gasteiger partial charge in [0.2, 0.25) is 0 Å². The molecule has 17 heavy (non-hydrogen) atoms. The van der Waals surface area contributed by atoms with E-state index in [9.17, 15) is 0 Å². The molecule has 2 rings (SSSR count). The molecule has 0 atom stereocenters. The summed E-state index contributed by atoms with van der Waals surface area (Å²) in [6.07, 6.45) is 7.11. The number of nitrogens with one attached hydrogen (secondary N) is 1. The molecule has 0 amide bonds. The van der Waals surface area contributed by atoms with Crippen molar-refractivity contribution in [1.29, 1.82) is 0 Å². The fourth-order valence-corrected chi connectivity index (χ4v) is 1.88. The number of carboxylic acid groups (broad SMARTS) is 2. The van der Waals surface area contributed by atoms with Crippen molar-refractivity contribution in [2.24, 2.45) is 0 Å². The van der Waals surface area contributed by atoms with Crippen LogP contribution in [0.4, 0.5) is 4.79 Å². The van der Waals surface area contributed by atoms with Gasteiger partial charge in [-0.2, -0.15) is 0 Å². The third-order valence-corrected chi connectivity index (χ3v) is 2.67. The van der Waals surface area contributed by atoms with Gasteiger partial charge in [-0.05, 0) is 25.9 Å². The van der Waals surface area contributed by atoms with Crippen molar-refractivity contribution in [3.05, 3.63) is 18.2 Å². The maximum atomic E-state index is 8.56. The Kier molecular flexibility index (Phi) is 6.09. The quantitative estimate of drug-likeness (QED) is 0.748. The molecule has 0 spiro atoms. The molecule has 0 unspecified atom stereocenters. The maximum Gasteiger partial charge on any atom is 0.503 e. The number of piperidine rings is 1. The molecule has 1 fully saturated rings. The van der Waals surface area contributed by atoms with E-state index < -0.39 is 6.16 Å². The van der Waals surface area contributed by atoms with Gasteiger partial charge in [0.25, 0.3) is 0 Å². The van der Waals surface area contributed by atoms with Crippen molar-refractivity contribution in [2.45, 2.75) is 25.7 Å². The summed E-state index contributed by atoms with van der Waals surface area (Å²) in [5.74, 6) is 1.12. The van der Waals surface area contributed by atoms with Crippen LogP contribution in [0.25, 0.3) is 0 Å². The van der Waals surface area contributed by atoms with Crippen LogP contribution in [-0.2, 0) is 6.42 Å². The Hall–Kier alpha value is -1.56. The lowest BCUT2D eigenvalue weighted by Crippen LogP contribution is -2.31. The second kappa shape index (κ2) is 7.67. The van der Waals surface area contributed by atoms with Crippen LogP contribution in [0.1, 0.15) is 25.1 Å². The van der Waals surface area contributed by atoms with E-state index in [1.807, 2.05) is 12.4 Å². The van der Waals surface area contributed by atoms with Crippen LogP contribution in [0.2, 0.25) is 0 Å². The minimum absolute atomic E-state index is 1.06. The monoisotopic (exact) mass is 241 g/mol. The summed E-state index contributed by atoms with van der Waals surface area (Å²) in [6, 6.07) is 0. The highest BCUT2D eigenvalue weighted by Crippen LogP contribution is 2.08. The molecule has 0 bridgehead atoms. The molecule has 96 valence electrons. The summed E-state index contributed by atoms with van der Waals surface area (Å²) in [7, 11) is 0. The van der Waals surface area contributed by atoms with Crippen molar-refractivity contribution in [2.75, 3.05) is 19.6 Å². The molecule has 1 aromatic rings. The van der Waals surface area contributed by atoms with Gasteiger partial charge in [0.05, 0.1) is 0 Å². The van der Waals surface area contributed by atoms with Crippen molar-refractivity contribution in [1.82, 2.24) is 14.9 Å². The number of imidazole rings is 1. The molecule has 1 aliphatic rings. The molecule has 3 N–H and O–H groups in total. The van der Waals surface area contributed by atoms with Gasteiger partial charge in [0.15, 0.2) is 0 Å². The molecule has 1 saturated heterocycles. The first kappa shape index (κ1) is 13.5. The number of aromatic amines is 1. The Balaban J connectivity index is 0.000000317. The summed E-state index contributed by atoms with van der Waals surface area (Å²) in [6.45, 7) is 3.72. The molecular weight excluding hydrogens is 222 g/mol. The molecule has 2 heterocycles. The van der Waals surface area contributed by atoms with E-state index in [1.165, 1.54) is 32.4 Å². The fraction of sp³-hybridized carbons (Fsp3) is 0.636. The summed E-state index contributed by atoms with van der Waals surface area (Å²) >= 11 is 0. The first-order valence-corrected chi connectivity index (χ1v) is 5.81. The van der Waals surface area contributed by atoms with Gasteiger partial charge in [0.1, 0.15) is 5.82 Å². The highest BCUT2D eigenvalue weighted by atomic mass is 16.6. The zero-order valence-electron chi connectivity index (χ0n) is 9.80. The normalized spacial score (nSPS) is 16.0. The summed E-state index contributed by atoms with van der Waals surface area (Å²) in [5.41, 5.74) is 0. The van der Waals surface area contributed by atoms with Gasteiger partial charge in [-0.3, -0.25) is 0 Å². The van der Waals surface area contributed by atoms with E-state index in [1.54, 1.807) is 0 Å². The van der Waals surface area contributed by atoms with Crippen LogP contribution in [0.15, 0.2) is 12.4 Å². The lowest BCUT2D eigenvalue weighted by molar-refractivity contribution is 0.137. The number of hydrogen-bond acceptors (Lipinski definition) is 3. The van der Waals surface area contributed by atoms with Gasteiger partial charge >= 0.3 is 6.16 Å². The summed E-state index contributed by atoms with van der Waals surface area (Å²) < 4.78 is 0.